The lowest BCUT2D eigenvalue weighted by Crippen LogP contribution is -2.50. The molecule has 3 amide bonds. The van der Waals surface area contributed by atoms with Crippen molar-refractivity contribution in [3.8, 4) is 11.3 Å². The molecule has 1 aromatic heterocycles. The highest BCUT2D eigenvalue weighted by Crippen LogP contribution is 2.46. The van der Waals surface area contributed by atoms with Crippen LogP contribution in [0.15, 0.2) is 48.0 Å². The quantitative estimate of drug-likeness (QED) is 0.416. The Balaban J connectivity index is 1.25. The molecule has 1 aliphatic carbocycles. The highest BCUT2D eigenvalue weighted by Gasteiger charge is 2.33. The molecule has 0 spiro atoms. The van der Waals surface area contributed by atoms with Gasteiger partial charge in [0.1, 0.15) is 0 Å². The number of piperidine rings is 1. The molecule has 9 nitrogen and oxygen atoms in total. The molecule has 9 heteroatoms. The van der Waals surface area contributed by atoms with Crippen LogP contribution in [0.2, 0.25) is 0 Å². The number of fused-ring (bicyclic) bond motifs is 5. The minimum Gasteiger partial charge on any atom is -0.379 e. The molecule has 47 heavy (non-hydrogen) atoms. The minimum absolute atomic E-state index is 0.0551. The zero-order valence-electron chi connectivity index (χ0n) is 27.8. The fourth-order valence-corrected chi connectivity index (χ4v) is 8.14. The molecule has 2 aromatic carbocycles. The average Bonchev–Trinajstić information content (AvgIpc) is 3.33. The highest BCUT2D eigenvalue weighted by atomic mass is 16.5. The topological polar surface area (TPSA) is 87.1 Å². The fourth-order valence-electron chi connectivity index (χ4n) is 8.14. The molecular formula is C38H47N5O4. The first-order chi connectivity index (χ1) is 22.9. The summed E-state index contributed by atoms with van der Waals surface area (Å²) in [6.07, 6.45) is 10.0. The number of likely N-dealkylation sites (N-methyl/N-ethyl adjacent to an activating group) is 1. The predicted octanol–water partition coefficient (Wildman–Crippen LogP) is 4.89. The van der Waals surface area contributed by atoms with Gasteiger partial charge in [0.05, 0.1) is 32.0 Å². The van der Waals surface area contributed by atoms with Crippen LogP contribution >= 0.6 is 0 Å². The Labute approximate surface area is 277 Å². The summed E-state index contributed by atoms with van der Waals surface area (Å²) in [5.74, 6) is 0.0879. The number of carbonyl (C=O) groups excluding carboxylic acids is 3. The average molecular weight is 638 g/mol. The first-order valence-electron chi connectivity index (χ1n) is 17.4. The Kier molecular flexibility index (Phi) is 9.19. The number of hydrogen-bond donors (Lipinski definition) is 1. The maximum absolute atomic E-state index is 14.3. The molecule has 0 radical (unpaired) electrons. The highest BCUT2D eigenvalue weighted by molar-refractivity contribution is 6.04. The lowest BCUT2D eigenvalue weighted by molar-refractivity contribution is -0.129. The second-order valence-corrected chi connectivity index (χ2v) is 13.8. The maximum atomic E-state index is 14.3. The molecule has 1 N–H and O–H groups in total. The zero-order chi connectivity index (χ0) is 32.5. The molecule has 4 aliphatic rings. The normalized spacial score (nSPS) is 19.4. The van der Waals surface area contributed by atoms with Crippen molar-refractivity contribution in [3.05, 3.63) is 64.7 Å². The third kappa shape index (κ3) is 6.35. The van der Waals surface area contributed by atoms with Crippen LogP contribution in [0.4, 0.5) is 0 Å². The van der Waals surface area contributed by atoms with Gasteiger partial charge in [0, 0.05) is 73.9 Å². The van der Waals surface area contributed by atoms with Gasteiger partial charge in [0.25, 0.3) is 11.8 Å². The molecule has 0 bridgehead atoms. The van der Waals surface area contributed by atoms with Crippen molar-refractivity contribution < 1.29 is 19.1 Å². The number of carbonyl (C=O) groups is 3. The lowest BCUT2D eigenvalue weighted by atomic mass is 9.81. The Morgan fingerprint density at radius 1 is 0.915 bits per heavy atom. The van der Waals surface area contributed by atoms with Crippen LogP contribution in [-0.4, -0.2) is 103 Å². The van der Waals surface area contributed by atoms with Crippen molar-refractivity contribution in [1.29, 1.82) is 0 Å². The Hall–Kier alpha value is -3.95. The van der Waals surface area contributed by atoms with Crippen molar-refractivity contribution in [2.24, 2.45) is 0 Å². The van der Waals surface area contributed by atoms with E-state index < -0.39 is 0 Å². The summed E-state index contributed by atoms with van der Waals surface area (Å²) in [6.45, 7) is 5.42. The van der Waals surface area contributed by atoms with Gasteiger partial charge in [-0.15, -0.1) is 0 Å². The molecule has 4 heterocycles. The van der Waals surface area contributed by atoms with Crippen LogP contribution in [0.1, 0.15) is 72.3 Å². The number of nitrogens with one attached hydrogen (secondary N) is 1. The summed E-state index contributed by atoms with van der Waals surface area (Å²) in [5.41, 5.74) is 6.98. The number of benzene rings is 2. The molecular weight excluding hydrogens is 590 g/mol. The van der Waals surface area contributed by atoms with Crippen molar-refractivity contribution in [3.63, 3.8) is 0 Å². The van der Waals surface area contributed by atoms with E-state index in [-0.39, 0.29) is 24.3 Å². The molecule has 0 atom stereocenters. The minimum atomic E-state index is -0.277. The molecule has 0 unspecified atom stereocenters. The first kappa shape index (κ1) is 31.6. The molecule has 3 fully saturated rings. The SMILES string of the molecule is CN(C)C(=O)CNC(=O)c1ccc2c(C3CCCCC3)c3n(c2c1)CC(C(=O)N1CCC(N2CCOCC2)CC1)=Cc1ccccc1-3. The van der Waals surface area contributed by atoms with E-state index in [4.69, 9.17) is 4.74 Å². The summed E-state index contributed by atoms with van der Waals surface area (Å²) in [4.78, 5) is 45.9. The summed E-state index contributed by atoms with van der Waals surface area (Å²) >= 11 is 0. The van der Waals surface area contributed by atoms with E-state index in [1.165, 1.54) is 35.4 Å². The largest absolute Gasteiger partial charge is 0.379 e. The molecule has 1 saturated carbocycles. The van der Waals surface area contributed by atoms with E-state index in [1.807, 2.05) is 17.0 Å². The van der Waals surface area contributed by atoms with E-state index in [1.54, 1.807) is 14.1 Å². The fraction of sp³-hybridized carbons (Fsp3) is 0.500. The molecule has 248 valence electrons. The second kappa shape index (κ2) is 13.6. The smallest absolute Gasteiger partial charge is 0.251 e. The third-order valence-corrected chi connectivity index (χ3v) is 10.7. The van der Waals surface area contributed by atoms with Crippen molar-refractivity contribution in [2.75, 3.05) is 60.0 Å². The van der Waals surface area contributed by atoms with Crippen LogP contribution in [0.25, 0.3) is 28.2 Å². The van der Waals surface area contributed by atoms with Crippen molar-refractivity contribution >= 4 is 34.7 Å². The summed E-state index contributed by atoms with van der Waals surface area (Å²) in [7, 11) is 3.36. The number of morpholine rings is 1. The van der Waals surface area contributed by atoms with Gasteiger partial charge in [0.15, 0.2) is 0 Å². The molecule has 3 aromatic rings. The van der Waals surface area contributed by atoms with E-state index in [2.05, 4.69) is 51.2 Å². The number of nitrogens with zero attached hydrogens (tertiary/aromatic N) is 4. The van der Waals surface area contributed by atoms with E-state index in [0.29, 0.717) is 24.1 Å². The van der Waals surface area contributed by atoms with Gasteiger partial charge in [-0.25, -0.2) is 0 Å². The molecule has 3 aliphatic heterocycles. The Bertz CT molecular complexity index is 1690. The zero-order valence-corrected chi connectivity index (χ0v) is 27.8. The van der Waals surface area contributed by atoms with Gasteiger partial charge in [-0.1, -0.05) is 49.6 Å². The summed E-state index contributed by atoms with van der Waals surface area (Å²) in [5, 5.41) is 3.95. The van der Waals surface area contributed by atoms with Gasteiger partial charge in [-0.3, -0.25) is 19.3 Å². The maximum Gasteiger partial charge on any atom is 0.251 e. The standard InChI is InChI=1S/C38H47N5O4/c1-40(2)34(44)24-39-37(45)28-12-13-32-33(23-28)43-25-29(38(46)42-16-14-30(15-17-42)41-18-20-47-21-19-41)22-27-10-6-7-11-31(27)36(43)35(32)26-8-4-3-5-9-26/h6-7,10-13,22-23,26,30H,3-5,8-9,14-21,24-25H2,1-2H3,(H,39,45). The number of ether oxygens (including phenoxy) is 1. The van der Waals surface area contributed by atoms with Crippen LogP contribution < -0.4 is 5.32 Å². The Morgan fingerprint density at radius 2 is 1.66 bits per heavy atom. The number of likely N-dealkylation sites (tertiary alicyclic amines) is 1. The third-order valence-electron chi connectivity index (χ3n) is 10.7. The van der Waals surface area contributed by atoms with Crippen molar-refractivity contribution in [2.45, 2.75) is 63.5 Å². The monoisotopic (exact) mass is 637 g/mol. The number of amides is 3. The van der Waals surface area contributed by atoms with E-state index in [9.17, 15) is 14.4 Å². The Morgan fingerprint density at radius 3 is 2.40 bits per heavy atom. The van der Waals surface area contributed by atoms with Gasteiger partial charge >= 0.3 is 0 Å². The van der Waals surface area contributed by atoms with Gasteiger partial charge in [-0.05, 0) is 60.9 Å². The molecule has 7 rings (SSSR count). The number of rotatable bonds is 6. The van der Waals surface area contributed by atoms with Gasteiger partial charge in [0.2, 0.25) is 5.91 Å². The first-order valence-corrected chi connectivity index (χ1v) is 17.4. The van der Waals surface area contributed by atoms with Crippen LogP contribution in [-0.2, 0) is 20.9 Å². The van der Waals surface area contributed by atoms with E-state index >= 15 is 0 Å². The predicted molar refractivity (Wildman–Crippen MR) is 184 cm³/mol. The number of hydrogen-bond acceptors (Lipinski definition) is 5. The van der Waals surface area contributed by atoms with Crippen LogP contribution in [0.3, 0.4) is 0 Å². The molecule has 2 saturated heterocycles. The van der Waals surface area contributed by atoms with E-state index in [0.717, 1.165) is 92.7 Å². The van der Waals surface area contributed by atoms with Crippen molar-refractivity contribution in [1.82, 2.24) is 24.6 Å². The second-order valence-electron chi connectivity index (χ2n) is 13.8. The number of aromatic nitrogens is 1. The lowest BCUT2D eigenvalue weighted by Gasteiger charge is -2.40. The van der Waals surface area contributed by atoms with Gasteiger partial charge in [-0.2, -0.15) is 0 Å². The van der Waals surface area contributed by atoms with Crippen LogP contribution in [0.5, 0.6) is 0 Å². The summed E-state index contributed by atoms with van der Waals surface area (Å²) in [6, 6.07) is 14.9. The van der Waals surface area contributed by atoms with Crippen LogP contribution in [0, 0.1) is 0 Å². The van der Waals surface area contributed by atoms with Gasteiger partial charge < -0.3 is 24.4 Å². The summed E-state index contributed by atoms with van der Waals surface area (Å²) < 4.78 is 7.87.